The molecule has 3 heterocycles. The van der Waals surface area contributed by atoms with Gasteiger partial charge in [0.15, 0.2) is 0 Å². The van der Waals surface area contributed by atoms with Crippen LogP contribution in [0.1, 0.15) is 16.7 Å². The highest BCUT2D eigenvalue weighted by molar-refractivity contribution is 5.77. The van der Waals surface area contributed by atoms with Gasteiger partial charge in [-0.1, -0.05) is 17.7 Å². The predicted molar refractivity (Wildman–Crippen MR) is 93.5 cm³/mol. The first-order valence-corrected chi connectivity index (χ1v) is 7.90. The molecule has 0 aliphatic rings. The Morgan fingerprint density at radius 2 is 1.83 bits per heavy atom. The number of fused-ring (bicyclic) bond motifs is 3. The Balaban J connectivity index is 2.06. The van der Waals surface area contributed by atoms with Crippen molar-refractivity contribution in [3.05, 3.63) is 65.4 Å². The minimum absolute atomic E-state index is 0.979. The molecule has 0 atom stereocenters. The average molecular weight is 302 g/mol. The zero-order chi connectivity index (χ0) is 16.1. The molecule has 0 amide bonds. The summed E-state index contributed by atoms with van der Waals surface area (Å²) in [4.78, 5) is 4.80. The van der Waals surface area contributed by atoms with Crippen LogP contribution in [-0.2, 0) is 7.05 Å². The molecule has 4 aromatic rings. The van der Waals surface area contributed by atoms with E-state index >= 15 is 0 Å². The smallest absolute Gasteiger partial charge is 0.273 e. The van der Waals surface area contributed by atoms with Crippen molar-refractivity contribution in [1.82, 2.24) is 9.38 Å². The van der Waals surface area contributed by atoms with Crippen LogP contribution in [0.3, 0.4) is 0 Å². The zero-order valence-corrected chi connectivity index (χ0v) is 14.0. The molecule has 0 N–H and O–H groups in total. The fraction of sp³-hybridized carbons (Fsp3) is 0.200. The first-order valence-electron chi connectivity index (χ1n) is 7.90. The number of imidazole rings is 1. The third-order valence-corrected chi connectivity index (χ3v) is 4.71. The molecule has 3 aromatic heterocycles. The summed E-state index contributed by atoms with van der Waals surface area (Å²) in [7, 11) is 2.10. The molecule has 3 nitrogen and oxygen atoms in total. The van der Waals surface area contributed by atoms with Crippen molar-refractivity contribution in [3.8, 4) is 11.3 Å². The van der Waals surface area contributed by atoms with Gasteiger partial charge in [-0.2, -0.15) is 0 Å². The number of hydrogen-bond donors (Lipinski definition) is 0. The minimum atomic E-state index is 0.979. The maximum Gasteiger partial charge on any atom is 0.350 e. The molecule has 0 unspecified atom stereocenters. The molecular formula is C20H20N3+. The van der Waals surface area contributed by atoms with Crippen LogP contribution in [0, 0.1) is 20.8 Å². The van der Waals surface area contributed by atoms with Crippen molar-refractivity contribution in [2.24, 2.45) is 7.05 Å². The summed E-state index contributed by atoms with van der Waals surface area (Å²) in [6.45, 7) is 6.52. The van der Waals surface area contributed by atoms with Gasteiger partial charge in [0.2, 0.25) is 0 Å². The highest BCUT2D eigenvalue weighted by Crippen LogP contribution is 2.26. The van der Waals surface area contributed by atoms with E-state index < -0.39 is 0 Å². The molecule has 0 fully saturated rings. The van der Waals surface area contributed by atoms with Gasteiger partial charge in [0, 0.05) is 17.8 Å². The molecule has 0 bridgehead atoms. The van der Waals surface area contributed by atoms with Crippen molar-refractivity contribution >= 4 is 16.8 Å². The van der Waals surface area contributed by atoms with E-state index in [1.54, 1.807) is 0 Å². The van der Waals surface area contributed by atoms with Gasteiger partial charge in [-0.3, -0.25) is 4.40 Å². The molecule has 23 heavy (non-hydrogen) atoms. The van der Waals surface area contributed by atoms with Crippen LogP contribution in [0.4, 0.5) is 0 Å². The lowest BCUT2D eigenvalue weighted by Gasteiger charge is -2.11. The van der Waals surface area contributed by atoms with Crippen molar-refractivity contribution in [1.29, 1.82) is 0 Å². The molecule has 0 aliphatic heterocycles. The maximum atomic E-state index is 4.80. The number of hydrogen-bond acceptors (Lipinski definition) is 1. The second-order valence-corrected chi connectivity index (χ2v) is 6.28. The van der Waals surface area contributed by atoms with Crippen LogP contribution in [0.25, 0.3) is 28.1 Å². The Bertz CT molecular complexity index is 1060. The minimum Gasteiger partial charge on any atom is -0.273 e. The number of rotatable bonds is 1. The lowest BCUT2D eigenvalue weighted by molar-refractivity contribution is -0.635. The van der Waals surface area contributed by atoms with Crippen molar-refractivity contribution in [2.75, 3.05) is 0 Å². The summed E-state index contributed by atoms with van der Waals surface area (Å²) < 4.78 is 4.33. The summed E-state index contributed by atoms with van der Waals surface area (Å²) in [6, 6.07) is 15.0. The Morgan fingerprint density at radius 1 is 1.00 bits per heavy atom. The molecule has 4 rings (SSSR count). The average Bonchev–Trinajstić information content (AvgIpc) is 2.91. The highest BCUT2D eigenvalue weighted by atomic mass is 15.1. The van der Waals surface area contributed by atoms with Crippen LogP contribution >= 0.6 is 0 Å². The first-order chi connectivity index (χ1) is 11.1. The predicted octanol–water partition coefficient (Wildman–Crippen LogP) is 3.90. The van der Waals surface area contributed by atoms with E-state index in [1.165, 1.54) is 27.9 Å². The van der Waals surface area contributed by atoms with Crippen LogP contribution < -0.4 is 4.57 Å². The van der Waals surface area contributed by atoms with E-state index in [0.29, 0.717) is 0 Å². The van der Waals surface area contributed by atoms with Crippen LogP contribution in [0.2, 0.25) is 0 Å². The van der Waals surface area contributed by atoms with E-state index in [-0.39, 0.29) is 0 Å². The van der Waals surface area contributed by atoms with Crippen LogP contribution in [-0.4, -0.2) is 9.38 Å². The Kier molecular flexibility index (Phi) is 2.98. The largest absolute Gasteiger partial charge is 0.350 e. The van der Waals surface area contributed by atoms with Gasteiger partial charge < -0.3 is 0 Å². The normalized spacial score (nSPS) is 11.5. The summed E-state index contributed by atoms with van der Waals surface area (Å²) in [5.41, 5.74) is 9.55. The van der Waals surface area contributed by atoms with Crippen molar-refractivity contribution < 1.29 is 4.57 Å². The van der Waals surface area contributed by atoms with Crippen molar-refractivity contribution in [3.63, 3.8) is 0 Å². The van der Waals surface area contributed by atoms with Gasteiger partial charge in [0.05, 0.1) is 7.05 Å². The van der Waals surface area contributed by atoms with Crippen LogP contribution in [0.5, 0.6) is 0 Å². The van der Waals surface area contributed by atoms with E-state index in [1.807, 2.05) is 18.2 Å². The third kappa shape index (κ3) is 2.04. The number of benzene rings is 1. The standard InChI is InChI=1S/C20H20N3/c1-13-11-14(2)15(3)16(12-13)17-8-9-18-20(22(17)4)21-19-7-5-6-10-23(18)19/h5-12H,1-4H3/q+1. The van der Waals surface area contributed by atoms with Gasteiger partial charge in [0.25, 0.3) is 5.65 Å². The van der Waals surface area contributed by atoms with Gasteiger partial charge in [-0.15, -0.1) is 0 Å². The topological polar surface area (TPSA) is 21.2 Å². The molecule has 114 valence electrons. The Hall–Kier alpha value is -2.68. The van der Waals surface area contributed by atoms with Gasteiger partial charge in [-0.25, -0.2) is 4.57 Å². The van der Waals surface area contributed by atoms with Crippen LogP contribution in [0.15, 0.2) is 48.7 Å². The third-order valence-electron chi connectivity index (χ3n) is 4.71. The summed E-state index contributed by atoms with van der Waals surface area (Å²) in [5, 5.41) is 0. The summed E-state index contributed by atoms with van der Waals surface area (Å²) in [5.74, 6) is 0. The first kappa shape index (κ1) is 13.9. The quantitative estimate of drug-likeness (QED) is 0.489. The molecule has 0 aliphatic carbocycles. The van der Waals surface area contributed by atoms with Gasteiger partial charge >= 0.3 is 5.65 Å². The van der Waals surface area contributed by atoms with E-state index in [9.17, 15) is 0 Å². The number of aromatic nitrogens is 3. The Labute approximate surface area is 135 Å². The lowest BCUT2D eigenvalue weighted by atomic mass is 9.97. The molecular weight excluding hydrogens is 282 g/mol. The van der Waals surface area contributed by atoms with E-state index in [0.717, 1.165) is 16.8 Å². The number of aryl methyl sites for hydroxylation is 3. The fourth-order valence-corrected chi connectivity index (χ4v) is 3.36. The molecule has 0 spiro atoms. The molecule has 0 saturated heterocycles. The zero-order valence-electron chi connectivity index (χ0n) is 14.0. The fourth-order valence-electron chi connectivity index (χ4n) is 3.36. The van der Waals surface area contributed by atoms with Gasteiger partial charge in [-0.05, 0) is 61.1 Å². The maximum absolute atomic E-state index is 4.80. The van der Waals surface area contributed by atoms with Crippen molar-refractivity contribution in [2.45, 2.75) is 20.8 Å². The Morgan fingerprint density at radius 3 is 2.65 bits per heavy atom. The molecule has 1 aromatic carbocycles. The van der Waals surface area contributed by atoms with E-state index in [4.69, 9.17) is 4.98 Å². The summed E-state index contributed by atoms with van der Waals surface area (Å²) >= 11 is 0. The lowest BCUT2D eigenvalue weighted by Crippen LogP contribution is -2.32. The SMILES string of the molecule is Cc1cc(C)c(C)c(-c2ccc3c(nc4ccccn43)[n+]2C)c1. The second kappa shape index (κ2) is 4.92. The molecule has 0 radical (unpaired) electrons. The second-order valence-electron chi connectivity index (χ2n) is 6.28. The van der Waals surface area contributed by atoms with E-state index in [2.05, 4.69) is 67.2 Å². The monoisotopic (exact) mass is 302 g/mol. The highest BCUT2D eigenvalue weighted by Gasteiger charge is 2.19. The number of nitrogens with zero attached hydrogens (tertiary/aromatic N) is 3. The molecule has 3 heteroatoms. The summed E-state index contributed by atoms with van der Waals surface area (Å²) in [6.07, 6.45) is 2.06. The number of pyridine rings is 2. The van der Waals surface area contributed by atoms with Gasteiger partial charge in [0.1, 0.15) is 11.2 Å². The molecule has 0 saturated carbocycles.